The Morgan fingerprint density at radius 2 is 1.83 bits per heavy atom. The molecule has 1 fully saturated rings. The second-order valence-corrected chi connectivity index (χ2v) is 5.75. The van der Waals surface area contributed by atoms with Crippen LogP contribution in [0.5, 0.6) is 0 Å². The van der Waals surface area contributed by atoms with Crippen molar-refractivity contribution in [3.8, 4) is 0 Å². The minimum Gasteiger partial charge on any atom is -0.464 e. The van der Waals surface area contributed by atoms with Crippen LogP contribution in [0, 0.1) is 5.92 Å². The summed E-state index contributed by atoms with van der Waals surface area (Å²) in [7, 11) is -5.36. The minimum atomic E-state index is -5.36. The Kier molecular flexibility index (Phi) is 4.97. The topological polar surface area (TPSA) is 72.5 Å². The number of rotatable bonds is 5. The van der Waals surface area contributed by atoms with Crippen LogP contribution in [0.4, 0.5) is 13.2 Å². The Bertz CT molecular complexity index is 387. The molecule has 106 valence electrons. The fourth-order valence-corrected chi connectivity index (χ4v) is 2.20. The molecule has 0 atom stereocenters. The van der Waals surface area contributed by atoms with Crippen molar-refractivity contribution in [2.75, 3.05) is 13.2 Å². The molecule has 0 aliphatic heterocycles. The van der Waals surface area contributed by atoms with E-state index in [9.17, 15) is 26.4 Å². The van der Waals surface area contributed by atoms with Crippen molar-refractivity contribution in [2.24, 2.45) is 5.92 Å². The Hall–Kier alpha value is -0.830. The summed E-state index contributed by atoms with van der Waals surface area (Å²) in [4.78, 5) is 11.3. The first-order chi connectivity index (χ1) is 8.24. The monoisotopic (exact) mass is 289 g/mol. The number of halogens is 3. The van der Waals surface area contributed by atoms with Crippen LogP contribution in [0.1, 0.15) is 25.7 Å². The molecule has 1 aliphatic rings. The summed E-state index contributed by atoms with van der Waals surface area (Å²) in [5.41, 5.74) is -5.34. The highest BCUT2D eigenvalue weighted by molar-refractivity contribution is 7.90. The lowest BCUT2D eigenvalue weighted by Gasteiger charge is -2.11. The van der Waals surface area contributed by atoms with Crippen LogP contribution in [0.3, 0.4) is 0 Å². The Morgan fingerprint density at radius 1 is 1.28 bits per heavy atom. The van der Waals surface area contributed by atoms with Gasteiger partial charge in [-0.1, -0.05) is 12.8 Å². The molecule has 0 aromatic rings. The zero-order valence-electron chi connectivity index (χ0n) is 9.50. The lowest BCUT2D eigenvalue weighted by atomic mass is 10.1. The maximum absolute atomic E-state index is 11.9. The molecular weight excluding hydrogens is 275 g/mol. The molecule has 5 nitrogen and oxygen atoms in total. The molecule has 1 rings (SSSR count). The quantitative estimate of drug-likeness (QED) is 0.609. The molecule has 0 bridgehead atoms. The standard InChI is InChI=1S/C9H14F3NO4S/c10-9(11,12)18(15,16)13-5-6-17-8(14)7-3-1-2-4-7/h7,13H,1-6H2. The second-order valence-electron chi connectivity index (χ2n) is 3.99. The number of esters is 1. The van der Waals surface area contributed by atoms with Gasteiger partial charge in [-0.25, -0.2) is 13.1 Å². The maximum Gasteiger partial charge on any atom is 0.511 e. The summed E-state index contributed by atoms with van der Waals surface area (Å²) in [6.07, 6.45) is 3.29. The van der Waals surface area contributed by atoms with Crippen LogP contribution >= 0.6 is 0 Å². The normalized spacial score (nSPS) is 17.9. The molecule has 0 saturated heterocycles. The Labute approximate surface area is 103 Å². The summed E-state index contributed by atoms with van der Waals surface area (Å²) in [5.74, 6) is -0.678. The van der Waals surface area contributed by atoms with Gasteiger partial charge in [-0.05, 0) is 12.8 Å². The van der Waals surface area contributed by atoms with Crippen LogP contribution in [-0.2, 0) is 19.6 Å². The van der Waals surface area contributed by atoms with Gasteiger partial charge in [0.2, 0.25) is 0 Å². The Balaban J connectivity index is 2.25. The van der Waals surface area contributed by atoms with E-state index >= 15 is 0 Å². The molecule has 0 spiro atoms. The van der Waals surface area contributed by atoms with Gasteiger partial charge in [-0.15, -0.1) is 0 Å². The van der Waals surface area contributed by atoms with Crippen LogP contribution in [0.2, 0.25) is 0 Å². The lowest BCUT2D eigenvalue weighted by Crippen LogP contribution is -2.38. The summed E-state index contributed by atoms with van der Waals surface area (Å²) < 4.78 is 62.9. The van der Waals surface area contributed by atoms with Crippen molar-refractivity contribution in [1.82, 2.24) is 4.72 Å². The maximum atomic E-state index is 11.9. The van der Waals surface area contributed by atoms with E-state index in [0.717, 1.165) is 12.8 Å². The van der Waals surface area contributed by atoms with Crippen molar-refractivity contribution >= 4 is 16.0 Å². The average Bonchev–Trinajstić information content (AvgIpc) is 2.75. The molecule has 0 radical (unpaired) electrons. The molecule has 1 saturated carbocycles. The molecule has 18 heavy (non-hydrogen) atoms. The molecule has 0 unspecified atom stereocenters. The third kappa shape index (κ3) is 4.13. The van der Waals surface area contributed by atoms with E-state index in [-0.39, 0.29) is 5.92 Å². The second kappa shape index (κ2) is 5.87. The van der Waals surface area contributed by atoms with E-state index in [0.29, 0.717) is 12.8 Å². The summed E-state index contributed by atoms with van der Waals surface area (Å²) >= 11 is 0. The predicted molar refractivity (Wildman–Crippen MR) is 55.9 cm³/mol. The van der Waals surface area contributed by atoms with Gasteiger partial charge in [0.05, 0.1) is 5.92 Å². The van der Waals surface area contributed by atoms with Crippen molar-refractivity contribution in [1.29, 1.82) is 0 Å². The molecule has 0 aromatic carbocycles. The van der Waals surface area contributed by atoms with E-state index in [2.05, 4.69) is 0 Å². The van der Waals surface area contributed by atoms with E-state index in [1.54, 1.807) is 0 Å². The number of sulfonamides is 1. The fourth-order valence-electron chi connectivity index (χ4n) is 1.69. The zero-order chi connectivity index (χ0) is 13.8. The molecule has 0 amide bonds. The number of nitrogens with one attached hydrogen (secondary N) is 1. The third-order valence-electron chi connectivity index (χ3n) is 2.63. The summed E-state index contributed by atoms with van der Waals surface area (Å²) in [6.45, 7) is -0.981. The molecule has 9 heteroatoms. The largest absolute Gasteiger partial charge is 0.511 e. The molecule has 0 aromatic heterocycles. The van der Waals surface area contributed by atoms with E-state index in [4.69, 9.17) is 4.74 Å². The minimum absolute atomic E-state index is 0.204. The van der Waals surface area contributed by atoms with Gasteiger partial charge in [0.15, 0.2) is 0 Å². The highest BCUT2D eigenvalue weighted by atomic mass is 32.2. The number of hydrogen-bond donors (Lipinski definition) is 1. The first-order valence-corrected chi connectivity index (χ1v) is 6.95. The zero-order valence-corrected chi connectivity index (χ0v) is 10.3. The number of hydrogen-bond acceptors (Lipinski definition) is 4. The lowest BCUT2D eigenvalue weighted by molar-refractivity contribution is -0.148. The summed E-state index contributed by atoms with van der Waals surface area (Å²) in [6, 6.07) is 0. The van der Waals surface area contributed by atoms with Gasteiger partial charge in [-0.3, -0.25) is 4.79 Å². The first kappa shape index (κ1) is 15.2. The smallest absolute Gasteiger partial charge is 0.464 e. The number of carbonyl (C=O) groups excluding carboxylic acids is 1. The van der Waals surface area contributed by atoms with Gasteiger partial charge < -0.3 is 4.74 Å². The molecule has 1 aliphatic carbocycles. The van der Waals surface area contributed by atoms with Crippen molar-refractivity contribution < 1.29 is 31.1 Å². The number of alkyl halides is 3. The SMILES string of the molecule is O=C(OCCNS(=O)(=O)C(F)(F)F)C1CCCC1. The number of carbonyl (C=O) groups is 1. The highest BCUT2D eigenvalue weighted by Gasteiger charge is 2.45. The van der Waals surface area contributed by atoms with Gasteiger partial charge in [-0.2, -0.15) is 13.2 Å². The predicted octanol–water partition coefficient (Wildman–Crippen LogP) is 1.16. The van der Waals surface area contributed by atoms with Crippen molar-refractivity contribution in [3.63, 3.8) is 0 Å². The van der Waals surface area contributed by atoms with Crippen LogP contribution in [-0.4, -0.2) is 33.0 Å². The van der Waals surface area contributed by atoms with E-state index in [1.807, 2.05) is 0 Å². The van der Waals surface area contributed by atoms with E-state index in [1.165, 1.54) is 4.72 Å². The average molecular weight is 289 g/mol. The van der Waals surface area contributed by atoms with Gasteiger partial charge >= 0.3 is 21.5 Å². The first-order valence-electron chi connectivity index (χ1n) is 5.46. The van der Waals surface area contributed by atoms with Crippen LogP contribution in [0.15, 0.2) is 0 Å². The molecule has 0 heterocycles. The van der Waals surface area contributed by atoms with Gasteiger partial charge in [0.1, 0.15) is 6.61 Å². The Morgan fingerprint density at radius 3 is 2.33 bits per heavy atom. The van der Waals surface area contributed by atoms with Crippen molar-refractivity contribution in [2.45, 2.75) is 31.2 Å². The summed E-state index contributed by atoms with van der Waals surface area (Å²) in [5, 5.41) is 0. The molecular formula is C9H14F3NO4S. The molecule has 1 N–H and O–H groups in total. The van der Waals surface area contributed by atoms with Gasteiger partial charge in [0.25, 0.3) is 0 Å². The van der Waals surface area contributed by atoms with Gasteiger partial charge in [0, 0.05) is 6.54 Å². The third-order valence-corrected chi connectivity index (χ3v) is 3.83. The number of ether oxygens (including phenoxy) is 1. The van der Waals surface area contributed by atoms with Crippen LogP contribution < -0.4 is 4.72 Å². The fraction of sp³-hybridized carbons (Fsp3) is 0.889. The van der Waals surface area contributed by atoms with Crippen molar-refractivity contribution in [3.05, 3.63) is 0 Å². The highest BCUT2D eigenvalue weighted by Crippen LogP contribution is 2.25. The van der Waals surface area contributed by atoms with E-state index < -0.39 is 34.7 Å². The van der Waals surface area contributed by atoms with Crippen LogP contribution in [0.25, 0.3) is 0 Å².